The third-order valence-electron chi connectivity index (χ3n) is 3.92. The van der Waals surface area contributed by atoms with Crippen LogP contribution in [0.4, 0.5) is 0 Å². The van der Waals surface area contributed by atoms with Crippen LogP contribution in [0.5, 0.6) is 0 Å². The van der Waals surface area contributed by atoms with Gasteiger partial charge in [0.2, 0.25) is 0 Å². The Morgan fingerprint density at radius 3 is 1.86 bits per heavy atom. The van der Waals surface area contributed by atoms with Gasteiger partial charge in [0.05, 0.1) is 0 Å². The maximum atomic E-state index is 11.0. The van der Waals surface area contributed by atoms with E-state index >= 15 is 0 Å². The molecule has 3 nitrogen and oxygen atoms in total. The molecular formula is C18H17NO2. The minimum Gasteiger partial charge on any atom is -0.340 e. The summed E-state index contributed by atoms with van der Waals surface area (Å²) >= 11 is 0. The Labute approximate surface area is 123 Å². The maximum Gasteiger partial charge on any atom is 0.150 e. The number of unbranched alkanes of at least 4 members (excludes halogenated alkanes) is 1. The van der Waals surface area contributed by atoms with E-state index in [1.807, 2.05) is 36.4 Å². The molecule has 0 atom stereocenters. The monoisotopic (exact) mass is 279 g/mol. The molecule has 0 aliphatic carbocycles. The first-order chi connectivity index (χ1) is 10.3. The van der Waals surface area contributed by atoms with Gasteiger partial charge in [0.15, 0.2) is 0 Å². The van der Waals surface area contributed by atoms with Crippen LogP contribution in [-0.4, -0.2) is 17.1 Å². The molecule has 0 spiro atoms. The molecule has 3 heteroatoms. The van der Waals surface area contributed by atoms with Crippen LogP contribution in [0.3, 0.4) is 0 Å². The Morgan fingerprint density at radius 2 is 1.43 bits per heavy atom. The average Bonchev–Trinajstić information content (AvgIpc) is 2.85. The minimum absolute atomic E-state index is 0.661. The van der Waals surface area contributed by atoms with Gasteiger partial charge in [-0.3, -0.25) is 9.59 Å². The molecule has 0 fully saturated rings. The number of carbonyl (C=O) groups is 2. The van der Waals surface area contributed by atoms with Gasteiger partial charge in [0, 0.05) is 39.5 Å². The van der Waals surface area contributed by atoms with E-state index in [0.29, 0.717) is 11.1 Å². The van der Waals surface area contributed by atoms with Crippen molar-refractivity contribution in [1.29, 1.82) is 0 Å². The van der Waals surface area contributed by atoms with Crippen molar-refractivity contribution in [2.24, 2.45) is 0 Å². The van der Waals surface area contributed by atoms with Crippen molar-refractivity contribution in [2.75, 3.05) is 0 Å². The standard InChI is InChI=1S/C18H17NO2/c1-2-3-8-19-17-6-4-13(11-20)9-15(17)16-10-14(12-21)5-7-18(16)19/h4-7,9-12H,2-3,8H2,1H3. The highest BCUT2D eigenvalue weighted by atomic mass is 16.1. The molecule has 0 bridgehead atoms. The molecule has 0 amide bonds. The second kappa shape index (κ2) is 5.52. The van der Waals surface area contributed by atoms with Crippen molar-refractivity contribution in [3.05, 3.63) is 47.5 Å². The van der Waals surface area contributed by atoms with Crippen LogP contribution in [0.2, 0.25) is 0 Å². The summed E-state index contributed by atoms with van der Waals surface area (Å²) in [5.41, 5.74) is 3.56. The number of carbonyl (C=O) groups excluding carboxylic acids is 2. The van der Waals surface area contributed by atoms with Gasteiger partial charge in [-0.2, -0.15) is 0 Å². The largest absolute Gasteiger partial charge is 0.340 e. The number of nitrogens with zero attached hydrogens (tertiary/aromatic N) is 1. The van der Waals surface area contributed by atoms with Gasteiger partial charge in [-0.25, -0.2) is 0 Å². The van der Waals surface area contributed by atoms with Crippen molar-refractivity contribution in [2.45, 2.75) is 26.3 Å². The van der Waals surface area contributed by atoms with Crippen molar-refractivity contribution >= 4 is 34.4 Å². The SMILES string of the molecule is CCCCn1c2ccc(C=O)cc2c2cc(C=O)ccc21. The Morgan fingerprint density at radius 1 is 0.905 bits per heavy atom. The number of benzene rings is 2. The molecule has 3 aromatic rings. The highest BCUT2D eigenvalue weighted by molar-refractivity contribution is 6.10. The number of hydrogen-bond acceptors (Lipinski definition) is 2. The van der Waals surface area contributed by atoms with E-state index in [4.69, 9.17) is 0 Å². The van der Waals surface area contributed by atoms with Crippen molar-refractivity contribution in [1.82, 2.24) is 4.57 Å². The molecule has 0 saturated carbocycles. The Hall–Kier alpha value is -2.42. The summed E-state index contributed by atoms with van der Waals surface area (Å²) in [5, 5.41) is 2.07. The summed E-state index contributed by atoms with van der Waals surface area (Å²) < 4.78 is 2.28. The molecule has 1 heterocycles. The van der Waals surface area contributed by atoms with Gasteiger partial charge < -0.3 is 4.57 Å². The number of hydrogen-bond donors (Lipinski definition) is 0. The molecule has 0 radical (unpaired) electrons. The smallest absolute Gasteiger partial charge is 0.150 e. The van der Waals surface area contributed by atoms with Crippen LogP contribution in [0, 0.1) is 0 Å². The molecule has 0 aliphatic rings. The third-order valence-corrected chi connectivity index (χ3v) is 3.92. The zero-order valence-electron chi connectivity index (χ0n) is 12.0. The summed E-state index contributed by atoms with van der Waals surface area (Å²) in [4.78, 5) is 22.1. The first-order valence-corrected chi connectivity index (χ1v) is 7.25. The quantitative estimate of drug-likeness (QED) is 0.656. The molecule has 3 rings (SSSR count). The summed E-state index contributed by atoms with van der Waals surface area (Å²) in [6, 6.07) is 11.5. The summed E-state index contributed by atoms with van der Waals surface area (Å²) in [6.45, 7) is 3.11. The molecule has 1 aromatic heterocycles. The highest BCUT2D eigenvalue weighted by Gasteiger charge is 2.11. The van der Waals surface area contributed by atoms with Crippen LogP contribution in [0.25, 0.3) is 21.8 Å². The van der Waals surface area contributed by atoms with E-state index in [2.05, 4.69) is 11.5 Å². The van der Waals surface area contributed by atoms with E-state index in [-0.39, 0.29) is 0 Å². The normalized spacial score (nSPS) is 11.1. The van der Waals surface area contributed by atoms with E-state index in [1.54, 1.807) is 0 Å². The van der Waals surface area contributed by atoms with Gasteiger partial charge in [-0.15, -0.1) is 0 Å². The average molecular weight is 279 g/mol. The van der Waals surface area contributed by atoms with Gasteiger partial charge >= 0.3 is 0 Å². The molecule has 0 unspecified atom stereocenters. The number of fused-ring (bicyclic) bond motifs is 3. The van der Waals surface area contributed by atoms with E-state index in [9.17, 15) is 9.59 Å². The van der Waals surface area contributed by atoms with Gasteiger partial charge in [-0.1, -0.05) is 13.3 Å². The first kappa shape index (κ1) is 13.6. The van der Waals surface area contributed by atoms with Crippen LogP contribution in [0.1, 0.15) is 40.5 Å². The summed E-state index contributed by atoms with van der Waals surface area (Å²) in [7, 11) is 0. The predicted octanol–water partition coefficient (Wildman–Crippen LogP) is 4.22. The summed E-state index contributed by atoms with van der Waals surface area (Å²) in [6.07, 6.45) is 3.94. The lowest BCUT2D eigenvalue weighted by atomic mass is 10.1. The zero-order valence-corrected chi connectivity index (χ0v) is 12.0. The first-order valence-electron chi connectivity index (χ1n) is 7.25. The fourth-order valence-electron chi connectivity index (χ4n) is 2.84. The van der Waals surface area contributed by atoms with Crippen LogP contribution in [-0.2, 0) is 6.54 Å². The fourth-order valence-corrected chi connectivity index (χ4v) is 2.84. The van der Waals surface area contributed by atoms with Gasteiger partial charge in [0.25, 0.3) is 0 Å². The minimum atomic E-state index is 0.661. The van der Waals surface area contributed by atoms with Gasteiger partial charge in [-0.05, 0) is 42.8 Å². The van der Waals surface area contributed by atoms with Crippen LogP contribution < -0.4 is 0 Å². The fraction of sp³-hybridized carbons (Fsp3) is 0.222. The van der Waals surface area contributed by atoms with E-state index in [0.717, 1.165) is 53.8 Å². The molecule has 0 aliphatic heterocycles. The molecular weight excluding hydrogens is 262 g/mol. The van der Waals surface area contributed by atoms with E-state index < -0.39 is 0 Å². The van der Waals surface area contributed by atoms with Crippen molar-refractivity contribution in [3.63, 3.8) is 0 Å². The highest BCUT2D eigenvalue weighted by Crippen LogP contribution is 2.30. The lowest BCUT2D eigenvalue weighted by molar-refractivity contribution is 0.111. The zero-order chi connectivity index (χ0) is 14.8. The van der Waals surface area contributed by atoms with Crippen LogP contribution >= 0.6 is 0 Å². The number of aldehydes is 2. The lowest BCUT2D eigenvalue weighted by Crippen LogP contribution is -1.97. The Kier molecular flexibility index (Phi) is 3.57. The van der Waals surface area contributed by atoms with Crippen molar-refractivity contribution in [3.8, 4) is 0 Å². The summed E-state index contributed by atoms with van der Waals surface area (Å²) in [5.74, 6) is 0. The predicted molar refractivity (Wildman–Crippen MR) is 85.1 cm³/mol. The molecule has 21 heavy (non-hydrogen) atoms. The second-order valence-corrected chi connectivity index (χ2v) is 5.29. The number of rotatable bonds is 5. The Bertz CT molecular complexity index is 765. The van der Waals surface area contributed by atoms with Gasteiger partial charge in [0.1, 0.15) is 12.6 Å². The maximum absolute atomic E-state index is 11.0. The van der Waals surface area contributed by atoms with E-state index in [1.165, 1.54) is 0 Å². The van der Waals surface area contributed by atoms with Crippen LogP contribution in [0.15, 0.2) is 36.4 Å². The lowest BCUT2D eigenvalue weighted by Gasteiger charge is -2.06. The number of aromatic nitrogens is 1. The third kappa shape index (κ3) is 2.25. The van der Waals surface area contributed by atoms with Crippen molar-refractivity contribution < 1.29 is 9.59 Å². The second-order valence-electron chi connectivity index (χ2n) is 5.29. The topological polar surface area (TPSA) is 39.1 Å². The molecule has 2 aromatic carbocycles. The molecule has 0 N–H and O–H groups in total. The Balaban J connectivity index is 2.36. The molecule has 106 valence electrons. The number of aryl methyl sites for hydroxylation is 1. The molecule has 0 saturated heterocycles.